The van der Waals surface area contributed by atoms with Gasteiger partial charge in [-0.1, -0.05) is 13.8 Å². The fourth-order valence-electron chi connectivity index (χ4n) is 1.40. The van der Waals surface area contributed by atoms with E-state index >= 15 is 0 Å². The molecule has 0 saturated heterocycles. The van der Waals surface area contributed by atoms with Gasteiger partial charge < -0.3 is 5.11 Å². The van der Waals surface area contributed by atoms with E-state index in [1.807, 2.05) is 6.92 Å². The van der Waals surface area contributed by atoms with Gasteiger partial charge in [-0.05, 0) is 18.8 Å². The zero-order chi connectivity index (χ0) is 7.72. The van der Waals surface area contributed by atoms with Crippen molar-refractivity contribution in [2.24, 2.45) is 11.8 Å². The third-order valence-corrected chi connectivity index (χ3v) is 2.53. The number of ketones is 1. The quantitative estimate of drug-likeness (QED) is 0.547. The van der Waals surface area contributed by atoms with E-state index in [-0.39, 0.29) is 11.7 Å². The maximum Gasteiger partial charge on any atom is 0.164 e. The lowest BCUT2D eigenvalue weighted by atomic mass is 9.79. The minimum absolute atomic E-state index is 0.0266. The second-order valence-electron chi connectivity index (χ2n) is 3.26. The summed E-state index contributed by atoms with van der Waals surface area (Å²) in [7, 11) is 0. The molecule has 0 aliphatic heterocycles. The first-order valence-corrected chi connectivity index (χ1v) is 3.84. The van der Waals surface area contributed by atoms with Crippen LogP contribution >= 0.6 is 0 Å². The van der Waals surface area contributed by atoms with Crippen LogP contribution in [0.25, 0.3) is 0 Å². The summed E-state index contributed by atoms with van der Waals surface area (Å²) in [5.41, 5.74) is 0. The van der Waals surface area contributed by atoms with Gasteiger partial charge in [-0.25, -0.2) is 0 Å². The predicted octanol–water partition coefficient (Wildman–Crippen LogP) is 0.982. The number of rotatable bonds is 0. The molecule has 2 heteroatoms. The van der Waals surface area contributed by atoms with Crippen molar-refractivity contribution in [1.29, 1.82) is 0 Å². The summed E-state index contributed by atoms with van der Waals surface area (Å²) in [6.07, 6.45) is 0.962. The third kappa shape index (κ3) is 1.21. The molecule has 1 saturated carbocycles. The standard InChI is InChI=1S/C8H14O2/c1-5-3-4-7(9)8(10)6(5)2/h5-7,9H,3-4H2,1-2H3. The van der Waals surface area contributed by atoms with Crippen LogP contribution in [0.1, 0.15) is 26.7 Å². The smallest absolute Gasteiger partial charge is 0.164 e. The fraction of sp³-hybridized carbons (Fsp3) is 0.875. The van der Waals surface area contributed by atoms with E-state index in [1.165, 1.54) is 0 Å². The van der Waals surface area contributed by atoms with Gasteiger partial charge in [0.05, 0.1) is 0 Å². The molecule has 58 valence electrons. The molecule has 1 N–H and O–H groups in total. The first-order chi connectivity index (χ1) is 4.63. The van der Waals surface area contributed by atoms with Crippen LogP contribution < -0.4 is 0 Å². The maximum absolute atomic E-state index is 11.1. The number of carbonyl (C=O) groups is 1. The summed E-state index contributed by atoms with van der Waals surface area (Å²) in [6.45, 7) is 3.96. The van der Waals surface area contributed by atoms with Gasteiger partial charge in [0.25, 0.3) is 0 Å². The van der Waals surface area contributed by atoms with Gasteiger partial charge in [0.1, 0.15) is 6.10 Å². The molecule has 1 fully saturated rings. The molecule has 0 aromatic rings. The highest BCUT2D eigenvalue weighted by Crippen LogP contribution is 2.26. The minimum atomic E-state index is -0.675. The minimum Gasteiger partial charge on any atom is -0.385 e. The van der Waals surface area contributed by atoms with Crippen molar-refractivity contribution in [2.45, 2.75) is 32.8 Å². The van der Waals surface area contributed by atoms with Crippen LogP contribution in [0.15, 0.2) is 0 Å². The van der Waals surface area contributed by atoms with E-state index in [4.69, 9.17) is 5.11 Å². The van der Waals surface area contributed by atoms with Crippen molar-refractivity contribution in [3.63, 3.8) is 0 Å². The summed E-state index contributed by atoms with van der Waals surface area (Å²) >= 11 is 0. The van der Waals surface area contributed by atoms with Gasteiger partial charge in [-0.2, -0.15) is 0 Å². The molecule has 0 aromatic carbocycles. The number of carbonyl (C=O) groups excluding carboxylic acids is 1. The lowest BCUT2D eigenvalue weighted by molar-refractivity contribution is -0.135. The Labute approximate surface area is 61.2 Å². The molecule has 0 radical (unpaired) electrons. The Morgan fingerprint density at radius 3 is 2.50 bits per heavy atom. The zero-order valence-corrected chi connectivity index (χ0v) is 6.50. The average molecular weight is 142 g/mol. The number of aliphatic hydroxyl groups excluding tert-OH is 1. The Morgan fingerprint density at radius 2 is 2.00 bits per heavy atom. The third-order valence-electron chi connectivity index (χ3n) is 2.53. The highest BCUT2D eigenvalue weighted by molar-refractivity contribution is 5.85. The molecular weight excluding hydrogens is 128 g/mol. The number of aliphatic hydroxyl groups is 1. The van der Waals surface area contributed by atoms with E-state index in [2.05, 4.69) is 6.92 Å². The van der Waals surface area contributed by atoms with Crippen LogP contribution in [0.3, 0.4) is 0 Å². The van der Waals surface area contributed by atoms with E-state index < -0.39 is 6.10 Å². The maximum atomic E-state index is 11.1. The summed E-state index contributed by atoms with van der Waals surface area (Å²) in [6, 6.07) is 0. The van der Waals surface area contributed by atoms with Gasteiger partial charge >= 0.3 is 0 Å². The van der Waals surface area contributed by atoms with Gasteiger partial charge in [-0.15, -0.1) is 0 Å². The summed E-state index contributed by atoms with van der Waals surface area (Å²) in [4.78, 5) is 11.1. The summed E-state index contributed by atoms with van der Waals surface area (Å²) in [5, 5.41) is 9.12. The number of hydrogen-bond acceptors (Lipinski definition) is 2. The van der Waals surface area contributed by atoms with Crippen molar-refractivity contribution in [1.82, 2.24) is 0 Å². The van der Waals surface area contributed by atoms with Crippen molar-refractivity contribution in [3.05, 3.63) is 0 Å². The lowest BCUT2D eigenvalue weighted by Gasteiger charge is -2.27. The molecule has 3 unspecified atom stereocenters. The normalized spacial score (nSPS) is 41.9. The lowest BCUT2D eigenvalue weighted by Crippen LogP contribution is -2.35. The molecule has 0 heterocycles. The Morgan fingerprint density at radius 1 is 1.40 bits per heavy atom. The molecule has 2 nitrogen and oxygen atoms in total. The van der Waals surface area contributed by atoms with E-state index in [0.717, 1.165) is 6.42 Å². The highest BCUT2D eigenvalue weighted by atomic mass is 16.3. The predicted molar refractivity (Wildman–Crippen MR) is 38.6 cm³/mol. The largest absolute Gasteiger partial charge is 0.385 e. The molecule has 1 rings (SSSR count). The first-order valence-electron chi connectivity index (χ1n) is 3.84. The summed E-state index contributed by atoms with van der Waals surface area (Å²) in [5.74, 6) is 0.540. The van der Waals surface area contributed by atoms with E-state index in [1.54, 1.807) is 0 Å². The van der Waals surface area contributed by atoms with Gasteiger partial charge in [0, 0.05) is 5.92 Å². The van der Waals surface area contributed by atoms with Crippen LogP contribution in [0, 0.1) is 11.8 Å². The molecule has 1 aliphatic carbocycles. The molecular formula is C8H14O2. The second kappa shape index (κ2) is 2.70. The van der Waals surface area contributed by atoms with Crippen LogP contribution in [-0.4, -0.2) is 17.0 Å². The number of hydrogen-bond donors (Lipinski definition) is 1. The van der Waals surface area contributed by atoms with Gasteiger partial charge in [0.2, 0.25) is 0 Å². The van der Waals surface area contributed by atoms with Crippen LogP contribution in [-0.2, 0) is 4.79 Å². The second-order valence-corrected chi connectivity index (χ2v) is 3.26. The van der Waals surface area contributed by atoms with Crippen LogP contribution in [0.4, 0.5) is 0 Å². The van der Waals surface area contributed by atoms with Crippen molar-refractivity contribution in [3.8, 4) is 0 Å². The molecule has 1 aliphatic rings. The topological polar surface area (TPSA) is 37.3 Å². The Bertz CT molecular complexity index is 142. The molecule has 10 heavy (non-hydrogen) atoms. The average Bonchev–Trinajstić information content (AvgIpc) is 1.93. The Hall–Kier alpha value is -0.370. The highest BCUT2D eigenvalue weighted by Gasteiger charge is 2.31. The fourth-order valence-corrected chi connectivity index (χ4v) is 1.40. The van der Waals surface area contributed by atoms with Crippen LogP contribution in [0.5, 0.6) is 0 Å². The molecule has 0 spiro atoms. The van der Waals surface area contributed by atoms with E-state index in [9.17, 15) is 4.79 Å². The number of Topliss-reactive ketones (excluding diaryl/α,β-unsaturated/α-hetero) is 1. The van der Waals surface area contributed by atoms with Crippen molar-refractivity contribution < 1.29 is 9.90 Å². The zero-order valence-electron chi connectivity index (χ0n) is 6.50. The molecule has 3 atom stereocenters. The monoisotopic (exact) mass is 142 g/mol. The van der Waals surface area contributed by atoms with Gasteiger partial charge in [0.15, 0.2) is 5.78 Å². The summed E-state index contributed by atoms with van der Waals surface area (Å²) < 4.78 is 0. The Kier molecular flexibility index (Phi) is 2.09. The van der Waals surface area contributed by atoms with Crippen LogP contribution in [0.2, 0.25) is 0 Å². The van der Waals surface area contributed by atoms with Crippen molar-refractivity contribution in [2.75, 3.05) is 0 Å². The Balaban J connectivity index is 2.60. The van der Waals surface area contributed by atoms with Gasteiger partial charge in [-0.3, -0.25) is 4.79 Å². The first kappa shape index (κ1) is 7.73. The molecule has 0 bridgehead atoms. The molecule has 0 amide bonds. The van der Waals surface area contributed by atoms with E-state index in [0.29, 0.717) is 12.3 Å². The molecule has 0 aromatic heterocycles. The SMILES string of the molecule is CC1CCC(O)C(=O)C1C. The van der Waals surface area contributed by atoms with Crippen molar-refractivity contribution >= 4 is 5.78 Å².